The van der Waals surface area contributed by atoms with Crippen LogP contribution in [0.3, 0.4) is 0 Å². The number of anilines is 1. The minimum absolute atomic E-state index is 0.109. The Morgan fingerprint density at radius 3 is 2.89 bits per heavy atom. The van der Waals surface area contributed by atoms with Crippen LogP contribution in [0.4, 0.5) is 19.0 Å². The molecule has 0 saturated carbocycles. The van der Waals surface area contributed by atoms with Gasteiger partial charge in [0.1, 0.15) is 46.2 Å². The zero-order valence-corrected chi connectivity index (χ0v) is 25.5. The number of alkyl halides is 1. The van der Waals surface area contributed by atoms with Gasteiger partial charge in [0.15, 0.2) is 5.82 Å². The van der Waals surface area contributed by atoms with E-state index in [0.717, 1.165) is 25.8 Å². The third kappa shape index (κ3) is 4.89. The Hall–Kier alpha value is -4.78. The first-order valence-corrected chi connectivity index (χ1v) is 15.4. The highest BCUT2D eigenvalue weighted by atomic mass is 19.1. The summed E-state index contributed by atoms with van der Waals surface area (Å²) in [6, 6.07) is 5.44. The Labute approximate surface area is 262 Å². The number of phenols is 1. The van der Waals surface area contributed by atoms with E-state index in [2.05, 4.69) is 44.1 Å². The van der Waals surface area contributed by atoms with E-state index in [9.17, 15) is 9.50 Å². The van der Waals surface area contributed by atoms with Gasteiger partial charge in [0.25, 0.3) is 0 Å². The van der Waals surface area contributed by atoms with Crippen molar-refractivity contribution >= 4 is 27.5 Å². The third-order valence-corrected chi connectivity index (χ3v) is 9.08. The zero-order valence-electron chi connectivity index (χ0n) is 25.5. The lowest BCUT2D eigenvalue weighted by Crippen LogP contribution is -2.41. The zero-order chi connectivity index (χ0) is 32.2. The molecule has 0 unspecified atom stereocenters. The first-order valence-electron chi connectivity index (χ1n) is 15.4. The smallest absolute Gasteiger partial charge is 0.324 e. The fourth-order valence-electron chi connectivity index (χ4n) is 6.90. The number of aromatic hydroxyl groups is 1. The quantitative estimate of drug-likeness (QED) is 0.179. The van der Waals surface area contributed by atoms with Gasteiger partial charge in [-0.25, -0.2) is 13.2 Å². The maximum atomic E-state index is 16.7. The number of fused-ring (bicyclic) bond motifs is 3. The number of nitrogens with zero attached hydrogens (tertiary/aromatic N) is 7. The number of benzene rings is 2. The summed E-state index contributed by atoms with van der Waals surface area (Å²) in [7, 11) is 1.62. The molecular formula is C33H33F3N8O2. The van der Waals surface area contributed by atoms with Gasteiger partial charge in [0.2, 0.25) is 0 Å². The van der Waals surface area contributed by atoms with Gasteiger partial charge in [-0.3, -0.25) is 14.6 Å². The molecule has 2 aliphatic heterocycles. The summed E-state index contributed by atoms with van der Waals surface area (Å²) in [6.45, 7) is 7.83. The Bertz CT molecular complexity index is 2000. The van der Waals surface area contributed by atoms with Crippen LogP contribution in [0.2, 0.25) is 0 Å². The standard InChI is InChI=1S/C33H33F3N8O2/c1-4-5-11-44-17-25(41-42-44)27-24(35)8-7-19-12-21(45)13-22(26(19)27)29-28(36)30-23(15-38-29)31(37-3)40-32(39-30)46-18(2)33-9-6-10-43(33)16-20(34)14-33/h7-8,12-13,15,17,20,45H,2,4-6,9-11,14,16H2,1,3H3,(H,37,39,40)/t20-,33+/m1/s1. The van der Waals surface area contributed by atoms with Crippen molar-refractivity contribution in [3.05, 3.63) is 60.6 Å². The lowest BCUT2D eigenvalue weighted by Gasteiger charge is -2.32. The highest BCUT2D eigenvalue weighted by Crippen LogP contribution is 2.45. The second kappa shape index (κ2) is 11.5. The molecule has 2 N–H and O–H groups in total. The Morgan fingerprint density at radius 1 is 1.24 bits per heavy atom. The van der Waals surface area contributed by atoms with Crippen LogP contribution in [0.5, 0.6) is 11.8 Å². The number of aryl methyl sites for hydroxylation is 1. The van der Waals surface area contributed by atoms with Gasteiger partial charge in [0.05, 0.1) is 17.1 Å². The molecule has 3 aromatic heterocycles. The molecule has 0 aliphatic carbocycles. The summed E-state index contributed by atoms with van der Waals surface area (Å²) in [4.78, 5) is 15.3. The Balaban J connectivity index is 1.36. The number of ether oxygens (including phenoxy) is 1. The minimum atomic E-state index is -0.996. The molecule has 0 spiro atoms. The summed E-state index contributed by atoms with van der Waals surface area (Å²) >= 11 is 0. The molecule has 7 rings (SSSR count). The highest BCUT2D eigenvalue weighted by molar-refractivity contribution is 6.07. The molecular weight excluding hydrogens is 597 g/mol. The molecule has 46 heavy (non-hydrogen) atoms. The lowest BCUT2D eigenvalue weighted by atomic mass is 9.92. The van der Waals surface area contributed by atoms with Crippen molar-refractivity contribution in [2.45, 2.75) is 57.3 Å². The van der Waals surface area contributed by atoms with Gasteiger partial charge in [0, 0.05) is 49.3 Å². The maximum absolute atomic E-state index is 16.7. The van der Waals surface area contributed by atoms with E-state index in [1.165, 1.54) is 30.5 Å². The number of aromatic nitrogens is 6. The minimum Gasteiger partial charge on any atom is -0.508 e. The van der Waals surface area contributed by atoms with Crippen molar-refractivity contribution < 1.29 is 23.0 Å². The molecule has 0 radical (unpaired) electrons. The second-order valence-corrected chi connectivity index (χ2v) is 11.9. The van der Waals surface area contributed by atoms with Crippen LogP contribution in [0.15, 0.2) is 49.0 Å². The van der Waals surface area contributed by atoms with E-state index in [0.29, 0.717) is 36.0 Å². The number of hydrogen-bond acceptors (Lipinski definition) is 9. The van der Waals surface area contributed by atoms with E-state index in [4.69, 9.17) is 4.74 Å². The van der Waals surface area contributed by atoms with Crippen molar-refractivity contribution in [2.24, 2.45) is 0 Å². The number of pyridine rings is 1. The number of rotatable bonds is 9. The normalized spacial score (nSPS) is 19.6. The van der Waals surface area contributed by atoms with Crippen molar-refractivity contribution in [1.82, 2.24) is 34.8 Å². The second-order valence-electron chi connectivity index (χ2n) is 11.9. The number of unbranched alkanes of at least 4 members (excludes halogenated alkanes) is 1. The van der Waals surface area contributed by atoms with Gasteiger partial charge < -0.3 is 15.2 Å². The largest absolute Gasteiger partial charge is 0.508 e. The van der Waals surface area contributed by atoms with Crippen LogP contribution in [-0.4, -0.2) is 71.8 Å². The number of nitrogens with one attached hydrogen (secondary N) is 1. The van der Waals surface area contributed by atoms with E-state index < -0.39 is 23.3 Å². The molecule has 2 aromatic carbocycles. The summed E-state index contributed by atoms with van der Waals surface area (Å²) in [5.74, 6) is -0.995. The number of halogens is 3. The van der Waals surface area contributed by atoms with Crippen LogP contribution in [-0.2, 0) is 6.54 Å². The SMILES string of the molecule is C=C(Oc1nc(NC)c2cnc(-c3cc(O)cc4ccc(F)c(-c5cn(CCCC)nn5)c34)c(F)c2n1)[C@@]12CCCN1C[C@H](F)C2. The van der Waals surface area contributed by atoms with Crippen LogP contribution >= 0.6 is 0 Å². The summed E-state index contributed by atoms with van der Waals surface area (Å²) < 4.78 is 54.4. The molecule has 5 aromatic rings. The molecule has 10 nitrogen and oxygen atoms in total. The molecule has 238 valence electrons. The fraction of sp³-hybridized carbons (Fsp3) is 0.364. The summed E-state index contributed by atoms with van der Waals surface area (Å²) in [5.41, 5.74) is -0.422. The number of hydrogen-bond donors (Lipinski definition) is 2. The topological polar surface area (TPSA) is 114 Å². The Morgan fingerprint density at radius 2 is 2.09 bits per heavy atom. The average Bonchev–Trinajstić information content (AvgIpc) is 3.75. The van der Waals surface area contributed by atoms with Crippen molar-refractivity contribution in [3.63, 3.8) is 0 Å². The van der Waals surface area contributed by atoms with Crippen molar-refractivity contribution in [3.8, 4) is 34.3 Å². The highest BCUT2D eigenvalue weighted by Gasteiger charge is 2.52. The van der Waals surface area contributed by atoms with E-state index in [1.807, 2.05) is 4.90 Å². The third-order valence-electron chi connectivity index (χ3n) is 9.08. The van der Waals surface area contributed by atoms with Gasteiger partial charge >= 0.3 is 6.01 Å². The molecule has 5 heterocycles. The first kappa shape index (κ1) is 29.9. The van der Waals surface area contributed by atoms with Crippen LogP contribution in [0.1, 0.15) is 39.0 Å². The molecule has 0 bridgehead atoms. The predicted octanol–water partition coefficient (Wildman–Crippen LogP) is 6.40. The summed E-state index contributed by atoms with van der Waals surface area (Å²) in [5, 5.41) is 23.0. The fourth-order valence-corrected chi connectivity index (χ4v) is 6.90. The van der Waals surface area contributed by atoms with E-state index in [-0.39, 0.29) is 57.4 Å². The molecule has 2 aliphatic rings. The maximum Gasteiger partial charge on any atom is 0.324 e. The lowest BCUT2D eigenvalue weighted by molar-refractivity contribution is 0.171. The summed E-state index contributed by atoms with van der Waals surface area (Å²) in [6.07, 6.45) is 5.73. The Kier molecular flexibility index (Phi) is 7.50. The van der Waals surface area contributed by atoms with Gasteiger partial charge in [-0.05, 0) is 49.4 Å². The average molecular weight is 631 g/mol. The van der Waals surface area contributed by atoms with E-state index >= 15 is 8.78 Å². The van der Waals surface area contributed by atoms with Gasteiger partial charge in [-0.1, -0.05) is 31.2 Å². The first-order chi connectivity index (χ1) is 22.2. The monoisotopic (exact) mass is 630 g/mol. The van der Waals surface area contributed by atoms with Crippen LogP contribution < -0.4 is 10.1 Å². The van der Waals surface area contributed by atoms with Crippen molar-refractivity contribution in [1.29, 1.82) is 0 Å². The molecule has 2 saturated heterocycles. The molecule has 2 atom stereocenters. The molecule has 13 heteroatoms. The van der Waals surface area contributed by atoms with Crippen LogP contribution in [0.25, 0.3) is 44.2 Å². The van der Waals surface area contributed by atoms with E-state index in [1.54, 1.807) is 17.9 Å². The number of phenolic OH excluding ortho intramolecular Hbond substituents is 1. The van der Waals surface area contributed by atoms with Crippen LogP contribution in [0, 0.1) is 11.6 Å². The predicted molar refractivity (Wildman–Crippen MR) is 168 cm³/mol. The van der Waals surface area contributed by atoms with Crippen molar-refractivity contribution in [2.75, 3.05) is 25.5 Å². The molecule has 2 fully saturated rings. The molecule has 0 amide bonds. The van der Waals surface area contributed by atoms with Gasteiger partial charge in [-0.2, -0.15) is 9.97 Å². The van der Waals surface area contributed by atoms with Gasteiger partial charge in [-0.15, -0.1) is 5.10 Å².